The standard InChI is InChI=1S/C53H67N11O6S/c1-32-47(71-31-58-32)34-12-10-33(11-13-34)27-57-51(69)43-25-39(65)30-64(43)52(70)48(53(2,3)4)63-46(66)9-7-5-6-8-23-55-49(67)35-14-17-38(18-15-35)60-50(68)40-29-56-45(26-42(40)59-37-19-20-37)62-44-21-16-36-28-54-24-22-41(36)61-44/h10-13,16,21-22,24,26,28-29,31,35,37-39,43,48,65H,5-9,14-15,17-20,23,25,27,30H2,1-4H3,(H,55,67)(H,57,69)(H,60,68)(H,63,66)(H2,56,59,61,62)/t35?,38?,39-,43+,48-/m1/s1. The maximum atomic E-state index is 14.0. The Hall–Kier alpha value is -6.53. The van der Waals surface area contributed by atoms with E-state index in [9.17, 15) is 29.1 Å². The van der Waals surface area contributed by atoms with Crippen molar-refractivity contribution in [3.63, 3.8) is 0 Å². The lowest BCUT2D eigenvalue weighted by atomic mass is 9.85. The Bertz CT molecular complexity index is 2680. The lowest BCUT2D eigenvalue weighted by Gasteiger charge is -2.35. The van der Waals surface area contributed by atoms with Crippen molar-refractivity contribution < 1.29 is 29.1 Å². The average Bonchev–Trinajstić information content (AvgIpc) is 3.93. The number of thiazole rings is 1. The molecule has 1 saturated heterocycles. The Labute approximate surface area is 419 Å². The molecule has 2 aliphatic carbocycles. The first-order valence-electron chi connectivity index (χ1n) is 25.1. The molecule has 0 unspecified atom stereocenters. The predicted octanol–water partition coefficient (Wildman–Crippen LogP) is 6.94. The minimum atomic E-state index is -0.890. The number of nitrogens with one attached hydrogen (secondary N) is 6. The molecule has 5 heterocycles. The highest BCUT2D eigenvalue weighted by atomic mass is 32.1. The first-order chi connectivity index (χ1) is 34.2. The van der Waals surface area contributed by atoms with E-state index < -0.39 is 29.5 Å². The van der Waals surface area contributed by atoms with Gasteiger partial charge in [0.05, 0.1) is 39.0 Å². The number of carbonyl (C=O) groups is 5. The predicted molar refractivity (Wildman–Crippen MR) is 275 cm³/mol. The smallest absolute Gasteiger partial charge is 0.255 e. The minimum Gasteiger partial charge on any atom is -0.391 e. The summed E-state index contributed by atoms with van der Waals surface area (Å²) < 4.78 is 0. The Balaban J connectivity index is 0.717. The summed E-state index contributed by atoms with van der Waals surface area (Å²) in [5.74, 6) is -0.0316. The molecular weight excluding hydrogens is 919 g/mol. The highest BCUT2D eigenvalue weighted by molar-refractivity contribution is 7.13. The molecule has 4 aromatic heterocycles. The van der Waals surface area contributed by atoms with Crippen molar-refractivity contribution in [1.29, 1.82) is 0 Å². The summed E-state index contributed by atoms with van der Waals surface area (Å²) in [6, 6.07) is 14.0. The lowest BCUT2D eigenvalue weighted by molar-refractivity contribution is -0.144. The van der Waals surface area contributed by atoms with Crippen LogP contribution in [0.25, 0.3) is 21.3 Å². The number of aryl methyl sites for hydroxylation is 1. The number of pyridine rings is 3. The SMILES string of the molecule is Cc1ncsc1-c1ccc(CNC(=O)[C@@H]2C[C@@H](O)CN2C(=O)[C@@H](NC(=O)CCCCCCNC(=O)C2CCC(NC(=O)c3cnc(Nc4ccc5cnccc5n4)cc3NC3CC3)CC2)C(C)(C)C)cc1. The number of rotatable bonds is 20. The monoisotopic (exact) mass is 985 g/mol. The van der Waals surface area contributed by atoms with Gasteiger partial charge < -0.3 is 41.9 Å². The molecule has 8 rings (SSSR count). The van der Waals surface area contributed by atoms with Crippen LogP contribution in [0.3, 0.4) is 0 Å². The van der Waals surface area contributed by atoms with E-state index in [4.69, 9.17) is 0 Å². The topological polar surface area (TPSA) is 233 Å². The van der Waals surface area contributed by atoms with E-state index in [1.54, 1.807) is 29.9 Å². The number of β-amino-alcohol motifs (C(OH)–C–C–N with tert-alkyl or cyclic N) is 1. The Morgan fingerprint density at radius 2 is 1.61 bits per heavy atom. The van der Waals surface area contributed by atoms with Crippen LogP contribution >= 0.6 is 11.3 Å². The van der Waals surface area contributed by atoms with Crippen LogP contribution in [-0.4, -0.2) is 103 Å². The summed E-state index contributed by atoms with van der Waals surface area (Å²) in [4.78, 5) is 87.6. The van der Waals surface area contributed by atoms with E-state index in [2.05, 4.69) is 51.8 Å². The quantitative estimate of drug-likeness (QED) is 0.0393. The minimum absolute atomic E-state index is 0.00975. The van der Waals surface area contributed by atoms with E-state index >= 15 is 0 Å². The molecule has 17 nitrogen and oxygen atoms in total. The van der Waals surface area contributed by atoms with Gasteiger partial charge in [-0.1, -0.05) is 57.9 Å². The van der Waals surface area contributed by atoms with E-state index in [0.29, 0.717) is 61.9 Å². The number of likely N-dealkylation sites (tertiary alicyclic amines) is 1. The maximum absolute atomic E-state index is 14.0. The number of unbranched alkanes of at least 4 members (excludes halogenated alkanes) is 3. The number of hydrogen-bond donors (Lipinski definition) is 7. The van der Waals surface area contributed by atoms with E-state index in [0.717, 1.165) is 70.4 Å². The average molecular weight is 986 g/mol. The summed E-state index contributed by atoms with van der Waals surface area (Å²) in [6.07, 6.45) is 12.4. The van der Waals surface area contributed by atoms with E-state index in [1.165, 1.54) is 4.90 Å². The fourth-order valence-electron chi connectivity index (χ4n) is 9.33. The summed E-state index contributed by atoms with van der Waals surface area (Å²) in [5, 5.41) is 30.5. The zero-order valence-electron chi connectivity index (χ0n) is 41.1. The fourth-order valence-corrected chi connectivity index (χ4v) is 10.1. The second kappa shape index (κ2) is 23.1. The second-order valence-electron chi connectivity index (χ2n) is 20.3. The molecule has 5 amide bonds. The largest absolute Gasteiger partial charge is 0.391 e. The first kappa shape index (κ1) is 50.8. The van der Waals surface area contributed by atoms with Crippen LogP contribution in [0.15, 0.2) is 72.6 Å². The maximum Gasteiger partial charge on any atom is 0.255 e. The van der Waals surface area contributed by atoms with Crippen molar-refractivity contribution in [1.82, 2.24) is 46.1 Å². The molecule has 0 bridgehead atoms. The lowest BCUT2D eigenvalue weighted by Crippen LogP contribution is -2.57. The van der Waals surface area contributed by atoms with Crippen molar-refractivity contribution in [2.45, 2.75) is 142 Å². The van der Waals surface area contributed by atoms with Gasteiger partial charge in [0.25, 0.3) is 5.91 Å². The molecule has 2 saturated carbocycles. The molecule has 3 fully saturated rings. The number of amides is 5. The van der Waals surface area contributed by atoms with Crippen molar-refractivity contribution in [3.05, 3.63) is 89.5 Å². The normalized spacial score (nSPS) is 19.4. The molecule has 71 heavy (non-hydrogen) atoms. The van der Waals surface area contributed by atoms with Gasteiger partial charge in [0, 0.05) is 80.5 Å². The van der Waals surface area contributed by atoms with Crippen LogP contribution in [0.5, 0.6) is 0 Å². The van der Waals surface area contributed by atoms with Crippen LogP contribution in [0.2, 0.25) is 0 Å². The zero-order chi connectivity index (χ0) is 50.1. The van der Waals surface area contributed by atoms with Gasteiger partial charge in [-0.25, -0.2) is 15.0 Å². The van der Waals surface area contributed by atoms with Crippen LogP contribution in [0, 0.1) is 18.3 Å². The van der Waals surface area contributed by atoms with Crippen molar-refractivity contribution >= 4 is 69.1 Å². The van der Waals surface area contributed by atoms with E-state index in [1.807, 2.05) is 81.7 Å². The number of aromatic nitrogens is 4. The number of benzene rings is 1. The Kier molecular flexibility index (Phi) is 16.6. The van der Waals surface area contributed by atoms with Crippen LogP contribution in [0.4, 0.5) is 17.3 Å². The van der Waals surface area contributed by atoms with Crippen molar-refractivity contribution in [2.75, 3.05) is 23.7 Å². The highest BCUT2D eigenvalue weighted by Gasteiger charge is 2.44. The third-order valence-electron chi connectivity index (χ3n) is 13.6. The van der Waals surface area contributed by atoms with Gasteiger partial charge >= 0.3 is 0 Å². The number of aliphatic hydroxyl groups excluding tert-OH is 1. The summed E-state index contributed by atoms with van der Waals surface area (Å²) >= 11 is 1.58. The van der Waals surface area contributed by atoms with Gasteiger partial charge in [0.15, 0.2) is 0 Å². The number of nitrogens with zero attached hydrogens (tertiary/aromatic N) is 5. The number of carbonyl (C=O) groups excluding carboxylic acids is 5. The number of aliphatic hydroxyl groups is 1. The molecular formula is C53H67N11O6S. The van der Waals surface area contributed by atoms with Crippen LogP contribution < -0.4 is 31.9 Å². The zero-order valence-corrected chi connectivity index (χ0v) is 41.9. The van der Waals surface area contributed by atoms with Crippen molar-refractivity contribution in [3.8, 4) is 10.4 Å². The Morgan fingerprint density at radius 1 is 0.845 bits per heavy atom. The van der Waals surface area contributed by atoms with Crippen LogP contribution in [0.1, 0.15) is 119 Å². The van der Waals surface area contributed by atoms with Gasteiger partial charge in [-0.05, 0) is 93.0 Å². The van der Waals surface area contributed by atoms with Gasteiger partial charge in [-0.15, -0.1) is 11.3 Å². The third kappa shape index (κ3) is 13.7. The molecule has 1 aromatic carbocycles. The molecule has 7 N–H and O–H groups in total. The number of fused-ring (bicyclic) bond motifs is 1. The third-order valence-corrected chi connectivity index (χ3v) is 14.6. The van der Waals surface area contributed by atoms with Crippen molar-refractivity contribution in [2.24, 2.45) is 11.3 Å². The Morgan fingerprint density at radius 3 is 2.34 bits per heavy atom. The molecule has 376 valence electrons. The summed E-state index contributed by atoms with van der Waals surface area (Å²) in [5.41, 5.74) is 6.12. The second-order valence-corrected chi connectivity index (χ2v) is 21.2. The van der Waals surface area contributed by atoms with Gasteiger partial charge in [0.1, 0.15) is 23.7 Å². The van der Waals surface area contributed by atoms with E-state index in [-0.39, 0.29) is 61.5 Å². The summed E-state index contributed by atoms with van der Waals surface area (Å²) in [7, 11) is 0. The molecule has 1 aliphatic heterocycles. The molecule has 3 atom stereocenters. The molecule has 18 heteroatoms. The number of hydrogen-bond acceptors (Lipinski definition) is 13. The molecule has 0 radical (unpaired) electrons. The van der Waals surface area contributed by atoms with Crippen LogP contribution in [-0.2, 0) is 25.7 Å². The molecule has 0 spiro atoms. The van der Waals surface area contributed by atoms with Gasteiger partial charge in [0.2, 0.25) is 23.6 Å². The molecule has 3 aliphatic rings. The first-order valence-corrected chi connectivity index (χ1v) is 25.9. The van der Waals surface area contributed by atoms with Gasteiger partial charge in [-0.2, -0.15) is 0 Å². The summed E-state index contributed by atoms with van der Waals surface area (Å²) in [6.45, 7) is 8.41. The fraction of sp³-hybridized carbons (Fsp3) is 0.491. The highest BCUT2D eigenvalue weighted by Crippen LogP contribution is 2.32. The number of anilines is 3. The van der Waals surface area contributed by atoms with Gasteiger partial charge in [-0.3, -0.25) is 29.0 Å². The molecule has 5 aromatic rings.